The van der Waals surface area contributed by atoms with Crippen molar-refractivity contribution in [2.45, 2.75) is 19.4 Å². The quantitative estimate of drug-likeness (QED) is 0.633. The van der Waals surface area contributed by atoms with Crippen LogP contribution in [-0.2, 0) is 4.79 Å². The van der Waals surface area contributed by atoms with E-state index in [1.54, 1.807) is 6.92 Å². The predicted molar refractivity (Wildman–Crippen MR) is 59.9 cm³/mol. The number of hydrogen-bond acceptors (Lipinski definition) is 4. The van der Waals surface area contributed by atoms with Gasteiger partial charge in [-0.1, -0.05) is 6.92 Å². The van der Waals surface area contributed by atoms with Gasteiger partial charge in [-0.15, -0.1) is 0 Å². The standard InChI is InChI=1S/C10H11F2N3O3/c1-2-7(13)10(16)14-9-6(12)3-5(11)4-8(9)15(17)18/h3-4,7H,2,13H2,1H3,(H,14,16). The Bertz CT molecular complexity index is 494. The summed E-state index contributed by atoms with van der Waals surface area (Å²) in [4.78, 5) is 21.1. The predicted octanol–water partition coefficient (Wildman–Crippen LogP) is 1.55. The van der Waals surface area contributed by atoms with E-state index in [1.165, 1.54) is 0 Å². The van der Waals surface area contributed by atoms with Gasteiger partial charge >= 0.3 is 0 Å². The molecular formula is C10H11F2N3O3. The average molecular weight is 259 g/mol. The molecule has 1 atom stereocenters. The molecule has 0 aromatic heterocycles. The third kappa shape index (κ3) is 2.98. The fourth-order valence-corrected chi connectivity index (χ4v) is 1.23. The molecular weight excluding hydrogens is 248 g/mol. The number of nitrogens with one attached hydrogen (secondary N) is 1. The van der Waals surface area contributed by atoms with Gasteiger partial charge in [0.15, 0.2) is 11.5 Å². The third-order valence-electron chi connectivity index (χ3n) is 2.26. The van der Waals surface area contributed by atoms with Gasteiger partial charge in [0.25, 0.3) is 5.69 Å². The van der Waals surface area contributed by atoms with Crippen LogP contribution in [0.15, 0.2) is 12.1 Å². The van der Waals surface area contributed by atoms with Crippen molar-refractivity contribution in [3.63, 3.8) is 0 Å². The lowest BCUT2D eigenvalue weighted by Gasteiger charge is -2.11. The molecule has 3 N–H and O–H groups in total. The maximum atomic E-state index is 13.4. The Morgan fingerprint density at radius 1 is 1.56 bits per heavy atom. The van der Waals surface area contributed by atoms with Crippen LogP contribution >= 0.6 is 0 Å². The highest BCUT2D eigenvalue weighted by molar-refractivity contribution is 5.96. The van der Waals surface area contributed by atoms with Crippen molar-refractivity contribution in [3.8, 4) is 0 Å². The Hall–Kier alpha value is -2.09. The number of rotatable bonds is 4. The van der Waals surface area contributed by atoms with E-state index in [9.17, 15) is 23.7 Å². The lowest BCUT2D eigenvalue weighted by atomic mass is 10.2. The number of carbonyl (C=O) groups is 1. The SMILES string of the molecule is CCC(N)C(=O)Nc1c(F)cc(F)cc1[N+](=O)[O-]. The fourth-order valence-electron chi connectivity index (χ4n) is 1.23. The second-order valence-electron chi connectivity index (χ2n) is 3.54. The van der Waals surface area contributed by atoms with Crippen LogP contribution in [0, 0.1) is 21.7 Å². The maximum absolute atomic E-state index is 13.4. The van der Waals surface area contributed by atoms with Crippen LogP contribution in [0.3, 0.4) is 0 Å². The van der Waals surface area contributed by atoms with Crippen LogP contribution in [0.1, 0.15) is 13.3 Å². The summed E-state index contributed by atoms with van der Waals surface area (Å²) in [5.41, 5.74) is 3.85. The molecule has 8 heteroatoms. The molecule has 1 rings (SSSR count). The number of nitrogens with zero attached hydrogens (tertiary/aromatic N) is 1. The average Bonchev–Trinajstić information content (AvgIpc) is 2.30. The molecule has 0 saturated heterocycles. The molecule has 6 nitrogen and oxygen atoms in total. The highest BCUT2D eigenvalue weighted by atomic mass is 19.1. The molecule has 0 spiro atoms. The molecule has 0 fully saturated rings. The van der Waals surface area contributed by atoms with Gasteiger partial charge in [-0.3, -0.25) is 14.9 Å². The monoisotopic (exact) mass is 259 g/mol. The molecule has 1 aromatic carbocycles. The number of nitro groups is 1. The van der Waals surface area contributed by atoms with Crippen molar-refractivity contribution >= 4 is 17.3 Å². The van der Waals surface area contributed by atoms with Gasteiger partial charge < -0.3 is 11.1 Å². The number of nitrogens with two attached hydrogens (primary N) is 1. The van der Waals surface area contributed by atoms with Crippen molar-refractivity contribution < 1.29 is 18.5 Å². The second kappa shape index (κ2) is 5.50. The smallest absolute Gasteiger partial charge is 0.298 e. The minimum Gasteiger partial charge on any atom is -0.320 e. The number of benzene rings is 1. The Labute approximate surface area is 101 Å². The number of halogens is 2. The Kier molecular flexibility index (Phi) is 4.27. The van der Waals surface area contributed by atoms with Gasteiger partial charge in [0.05, 0.1) is 17.0 Å². The molecule has 1 aromatic rings. The van der Waals surface area contributed by atoms with Crippen molar-refractivity contribution in [1.82, 2.24) is 0 Å². The molecule has 0 heterocycles. The first-order chi connectivity index (χ1) is 8.36. The summed E-state index contributed by atoms with van der Waals surface area (Å²) in [5, 5.41) is 12.6. The van der Waals surface area contributed by atoms with E-state index < -0.39 is 39.9 Å². The fraction of sp³-hybridized carbons (Fsp3) is 0.300. The number of carbonyl (C=O) groups excluding carboxylic acids is 1. The highest BCUT2D eigenvalue weighted by Gasteiger charge is 2.23. The lowest BCUT2D eigenvalue weighted by Crippen LogP contribution is -2.35. The molecule has 98 valence electrons. The van der Waals surface area contributed by atoms with Gasteiger partial charge in [-0.25, -0.2) is 8.78 Å². The molecule has 0 aliphatic heterocycles. The number of amides is 1. The molecule has 0 aliphatic carbocycles. The molecule has 0 aliphatic rings. The normalized spacial score (nSPS) is 12.0. The summed E-state index contributed by atoms with van der Waals surface area (Å²) in [6.07, 6.45) is 0.280. The second-order valence-corrected chi connectivity index (χ2v) is 3.54. The summed E-state index contributed by atoms with van der Waals surface area (Å²) in [6.45, 7) is 1.62. The zero-order valence-electron chi connectivity index (χ0n) is 9.44. The van der Waals surface area contributed by atoms with Crippen LogP contribution < -0.4 is 11.1 Å². The molecule has 1 amide bonds. The summed E-state index contributed by atoms with van der Waals surface area (Å²) >= 11 is 0. The van der Waals surface area contributed by atoms with Gasteiger partial charge in [0, 0.05) is 6.07 Å². The van der Waals surface area contributed by atoms with E-state index >= 15 is 0 Å². The van der Waals surface area contributed by atoms with Gasteiger partial charge in [-0.05, 0) is 6.42 Å². The first-order valence-electron chi connectivity index (χ1n) is 5.06. The number of hydrogen-bond donors (Lipinski definition) is 2. The summed E-state index contributed by atoms with van der Waals surface area (Å²) in [6, 6.07) is 0.0463. The van der Waals surface area contributed by atoms with Crippen LogP contribution in [0.2, 0.25) is 0 Å². The zero-order valence-corrected chi connectivity index (χ0v) is 9.44. The van der Waals surface area contributed by atoms with Crippen molar-refractivity contribution in [2.24, 2.45) is 5.73 Å². The van der Waals surface area contributed by atoms with Crippen molar-refractivity contribution in [1.29, 1.82) is 0 Å². The topological polar surface area (TPSA) is 98.3 Å². The summed E-state index contributed by atoms with van der Waals surface area (Å²) in [7, 11) is 0. The van der Waals surface area contributed by atoms with E-state index in [4.69, 9.17) is 5.73 Å². The molecule has 0 bridgehead atoms. The van der Waals surface area contributed by atoms with E-state index in [-0.39, 0.29) is 6.42 Å². The van der Waals surface area contributed by atoms with Crippen molar-refractivity contribution in [2.75, 3.05) is 5.32 Å². The van der Waals surface area contributed by atoms with Crippen molar-refractivity contribution in [3.05, 3.63) is 33.9 Å². The lowest BCUT2D eigenvalue weighted by molar-refractivity contribution is -0.384. The largest absolute Gasteiger partial charge is 0.320 e. The number of nitro benzene ring substituents is 1. The number of anilines is 1. The first kappa shape index (κ1) is 14.0. The van der Waals surface area contributed by atoms with Crippen LogP contribution in [-0.4, -0.2) is 16.9 Å². The molecule has 0 saturated carbocycles. The third-order valence-corrected chi connectivity index (χ3v) is 2.26. The minimum absolute atomic E-state index is 0.280. The minimum atomic E-state index is -1.22. The Morgan fingerprint density at radius 2 is 2.17 bits per heavy atom. The van der Waals surface area contributed by atoms with Gasteiger partial charge in [0.2, 0.25) is 5.91 Å². The van der Waals surface area contributed by atoms with E-state index in [2.05, 4.69) is 0 Å². The molecule has 0 radical (unpaired) electrons. The van der Waals surface area contributed by atoms with Crippen LogP contribution in [0.5, 0.6) is 0 Å². The van der Waals surface area contributed by atoms with Crippen LogP contribution in [0.25, 0.3) is 0 Å². The zero-order chi connectivity index (χ0) is 13.9. The van der Waals surface area contributed by atoms with E-state index in [0.717, 1.165) is 0 Å². The van der Waals surface area contributed by atoms with Crippen LogP contribution in [0.4, 0.5) is 20.2 Å². The van der Waals surface area contributed by atoms with E-state index in [0.29, 0.717) is 12.1 Å². The van der Waals surface area contributed by atoms with Gasteiger partial charge in [-0.2, -0.15) is 0 Å². The Balaban J connectivity index is 3.15. The Morgan fingerprint density at radius 3 is 2.67 bits per heavy atom. The summed E-state index contributed by atoms with van der Waals surface area (Å²) < 4.78 is 26.2. The molecule has 18 heavy (non-hydrogen) atoms. The highest BCUT2D eigenvalue weighted by Crippen LogP contribution is 2.28. The molecule has 1 unspecified atom stereocenters. The first-order valence-corrected chi connectivity index (χ1v) is 5.06. The van der Waals surface area contributed by atoms with E-state index in [1.807, 2.05) is 5.32 Å². The maximum Gasteiger partial charge on any atom is 0.298 e. The summed E-state index contributed by atoms with van der Waals surface area (Å²) in [5.74, 6) is -3.10. The van der Waals surface area contributed by atoms with Gasteiger partial charge in [0.1, 0.15) is 5.82 Å².